The maximum atomic E-state index is 14.1. The molecule has 4 rings (SSSR count). The van der Waals surface area contributed by atoms with E-state index in [2.05, 4.69) is 0 Å². The molecule has 0 aromatic heterocycles. The lowest BCUT2D eigenvalue weighted by atomic mass is 9.84. The number of aryl methyl sites for hydroxylation is 1. The van der Waals surface area contributed by atoms with Crippen LogP contribution in [0.4, 0.5) is 10.1 Å². The van der Waals surface area contributed by atoms with E-state index in [9.17, 15) is 19.1 Å². The predicted molar refractivity (Wildman–Crippen MR) is 139 cm³/mol. The Kier molecular flexibility index (Phi) is 6.72. The van der Waals surface area contributed by atoms with Crippen LogP contribution in [0.15, 0.2) is 72.3 Å². The van der Waals surface area contributed by atoms with Gasteiger partial charge in [0.05, 0.1) is 18.2 Å². The van der Waals surface area contributed by atoms with E-state index >= 15 is 0 Å². The number of hydrogen-bond acceptors (Lipinski definition) is 4. The number of aliphatic hydroxyl groups excluding tert-OH is 1. The molecule has 1 N–H and O–H groups in total. The average Bonchev–Trinajstić information content (AvgIpc) is 3.09. The highest BCUT2D eigenvalue weighted by atomic mass is 19.1. The van der Waals surface area contributed by atoms with E-state index in [-0.39, 0.29) is 22.4 Å². The molecular weight excluding hydrogens is 457 g/mol. The number of halogens is 1. The molecule has 1 fully saturated rings. The summed E-state index contributed by atoms with van der Waals surface area (Å²) < 4.78 is 19.9. The third kappa shape index (κ3) is 4.51. The molecule has 0 spiro atoms. The van der Waals surface area contributed by atoms with Gasteiger partial charge >= 0.3 is 0 Å². The van der Waals surface area contributed by atoms with Gasteiger partial charge in [-0.1, -0.05) is 51.1 Å². The molecule has 6 heteroatoms. The van der Waals surface area contributed by atoms with Gasteiger partial charge in [-0.3, -0.25) is 14.5 Å². The second-order valence-electron chi connectivity index (χ2n) is 9.90. The van der Waals surface area contributed by atoms with Crippen LogP contribution in [0.1, 0.15) is 56.0 Å². The van der Waals surface area contributed by atoms with Gasteiger partial charge in [-0.15, -0.1) is 0 Å². The second-order valence-corrected chi connectivity index (χ2v) is 9.90. The van der Waals surface area contributed by atoms with Gasteiger partial charge in [-0.05, 0) is 66.8 Å². The molecule has 3 aromatic rings. The number of carbonyl (C=O) groups excluding carboxylic acids is 2. The van der Waals surface area contributed by atoms with Crippen LogP contribution in [-0.2, 0) is 15.0 Å². The van der Waals surface area contributed by atoms with Crippen molar-refractivity contribution < 1.29 is 23.8 Å². The van der Waals surface area contributed by atoms with Crippen molar-refractivity contribution in [3.8, 4) is 5.75 Å². The van der Waals surface area contributed by atoms with Gasteiger partial charge in [0.15, 0.2) is 0 Å². The Morgan fingerprint density at radius 1 is 1.03 bits per heavy atom. The molecule has 1 aliphatic heterocycles. The van der Waals surface area contributed by atoms with Crippen molar-refractivity contribution in [3.05, 3.63) is 100 Å². The molecule has 186 valence electrons. The topological polar surface area (TPSA) is 66.8 Å². The average molecular weight is 488 g/mol. The zero-order valence-electron chi connectivity index (χ0n) is 21.1. The molecule has 0 saturated carbocycles. The Balaban J connectivity index is 1.97. The summed E-state index contributed by atoms with van der Waals surface area (Å²) in [5, 5.41) is 11.5. The number of nitrogens with zero attached hydrogens (tertiary/aromatic N) is 1. The van der Waals surface area contributed by atoms with Crippen LogP contribution in [0.25, 0.3) is 5.76 Å². The molecular formula is C30H30FNO4. The summed E-state index contributed by atoms with van der Waals surface area (Å²) in [5.41, 5.74) is 2.67. The zero-order valence-corrected chi connectivity index (χ0v) is 21.1. The molecule has 1 saturated heterocycles. The number of amides is 1. The molecule has 5 nitrogen and oxygen atoms in total. The minimum Gasteiger partial charge on any atom is -0.507 e. The van der Waals surface area contributed by atoms with Gasteiger partial charge in [-0.25, -0.2) is 4.39 Å². The van der Waals surface area contributed by atoms with Gasteiger partial charge in [0.1, 0.15) is 17.3 Å². The highest BCUT2D eigenvalue weighted by Crippen LogP contribution is 2.44. The molecule has 1 unspecified atom stereocenters. The van der Waals surface area contributed by atoms with Crippen LogP contribution in [0.5, 0.6) is 5.75 Å². The summed E-state index contributed by atoms with van der Waals surface area (Å²) in [6.45, 7) is 10.4. The first kappa shape index (κ1) is 25.2. The van der Waals surface area contributed by atoms with Crippen molar-refractivity contribution in [2.24, 2.45) is 0 Å². The van der Waals surface area contributed by atoms with Crippen LogP contribution in [-0.4, -0.2) is 23.4 Å². The monoisotopic (exact) mass is 487 g/mol. The van der Waals surface area contributed by atoms with E-state index in [1.165, 1.54) is 23.1 Å². The van der Waals surface area contributed by atoms with Crippen molar-refractivity contribution >= 4 is 23.1 Å². The molecule has 1 atom stereocenters. The van der Waals surface area contributed by atoms with E-state index < -0.39 is 23.5 Å². The van der Waals surface area contributed by atoms with Crippen molar-refractivity contribution in [2.75, 3.05) is 11.5 Å². The number of anilines is 1. The minimum atomic E-state index is -0.919. The Morgan fingerprint density at radius 2 is 1.75 bits per heavy atom. The number of rotatable bonds is 5. The fourth-order valence-electron chi connectivity index (χ4n) is 4.61. The second kappa shape index (κ2) is 9.61. The van der Waals surface area contributed by atoms with Crippen LogP contribution in [0, 0.1) is 12.7 Å². The Bertz CT molecular complexity index is 1370. The molecule has 3 aromatic carbocycles. The Morgan fingerprint density at radius 3 is 2.39 bits per heavy atom. The van der Waals surface area contributed by atoms with Gasteiger partial charge in [-0.2, -0.15) is 0 Å². The van der Waals surface area contributed by atoms with Crippen LogP contribution in [0.3, 0.4) is 0 Å². The number of aliphatic hydroxyl groups is 1. The lowest BCUT2D eigenvalue weighted by Gasteiger charge is -2.27. The van der Waals surface area contributed by atoms with Crippen LogP contribution < -0.4 is 9.64 Å². The molecule has 0 aliphatic carbocycles. The first-order chi connectivity index (χ1) is 17.0. The fraction of sp³-hybridized carbons (Fsp3) is 0.267. The van der Waals surface area contributed by atoms with Gasteiger partial charge in [0.25, 0.3) is 11.7 Å². The number of ether oxygens (including phenoxy) is 1. The summed E-state index contributed by atoms with van der Waals surface area (Å²) in [4.78, 5) is 28.0. The van der Waals surface area contributed by atoms with E-state index in [0.29, 0.717) is 23.5 Å². The summed E-state index contributed by atoms with van der Waals surface area (Å²) >= 11 is 0. The largest absolute Gasteiger partial charge is 0.507 e. The third-order valence-electron chi connectivity index (χ3n) is 6.37. The van der Waals surface area contributed by atoms with Gasteiger partial charge in [0, 0.05) is 16.8 Å². The lowest BCUT2D eigenvalue weighted by molar-refractivity contribution is -0.132. The summed E-state index contributed by atoms with van der Waals surface area (Å²) in [6.07, 6.45) is 0. The predicted octanol–water partition coefficient (Wildman–Crippen LogP) is 6.46. The maximum absolute atomic E-state index is 14.1. The SMILES string of the molecule is CCOc1ccc(/C(O)=C2\C(=O)C(=O)N(c3cccc(F)c3)C2c2ccccc2C)cc1C(C)(C)C. The van der Waals surface area contributed by atoms with Crippen molar-refractivity contribution in [3.63, 3.8) is 0 Å². The van der Waals surface area contributed by atoms with Crippen molar-refractivity contribution in [1.82, 2.24) is 0 Å². The number of ketones is 1. The summed E-state index contributed by atoms with van der Waals surface area (Å²) in [5.74, 6) is -1.76. The van der Waals surface area contributed by atoms with E-state index in [0.717, 1.165) is 11.1 Å². The maximum Gasteiger partial charge on any atom is 0.300 e. The third-order valence-corrected chi connectivity index (χ3v) is 6.37. The lowest BCUT2D eigenvalue weighted by Crippen LogP contribution is -2.29. The summed E-state index contributed by atoms with van der Waals surface area (Å²) in [7, 11) is 0. The Labute approximate surface area is 210 Å². The number of carbonyl (C=O) groups is 2. The van der Waals surface area contributed by atoms with Crippen LogP contribution in [0.2, 0.25) is 0 Å². The quantitative estimate of drug-likeness (QED) is 0.255. The number of hydrogen-bond donors (Lipinski definition) is 1. The van der Waals surface area contributed by atoms with Gasteiger partial charge < -0.3 is 9.84 Å². The first-order valence-electron chi connectivity index (χ1n) is 11.9. The molecule has 0 radical (unpaired) electrons. The number of benzene rings is 3. The van der Waals surface area contributed by atoms with Crippen molar-refractivity contribution in [2.45, 2.75) is 46.1 Å². The first-order valence-corrected chi connectivity index (χ1v) is 11.9. The standard InChI is InChI=1S/C30H30FNO4/c1-6-36-24-15-14-19(16-23(24)30(3,4)5)27(33)25-26(22-13-8-7-10-18(22)2)32(29(35)28(25)34)21-12-9-11-20(31)17-21/h7-17,26,33H,6H2,1-5H3/b27-25+. The van der Waals surface area contributed by atoms with Gasteiger partial charge in [0.2, 0.25) is 0 Å². The smallest absolute Gasteiger partial charge is 0.300 e. The fourth-order valence-corrected chi connectivity index (χ4v) is 4.61. The van der Waals surface area contributed by atoms with E-state index in [1.54, 1.807) is 24.3 Å². The van der Waals surface area contributed by atoms with Crippen LogP contribution >= 0.6 is 0 Å². The zero-order chi connectivity index (χ0) is 26.2. The molecule has 36 heavy (non-hydrogen) atoms. The highest BCUT2D eigenvalue weighted by Gasteiger charge is 2.47. The number of Topliss-reactive ketones (excluding diaryl/α,β-unsaturated/α-hetero) is 1. The minimum absolute atomic E-state index is 0.0393. The molecule has 1 aliphatic rings. The highest BCUT2D eigenvalue weighted by molar-refractivity contribution is 6.51. The Hall–Kier alpha value is -3.93. The normalized spacial score (nSPS) is 17.5. The summed E-state index contributed by atoms with van der Waals surface area (Å²) in [6, 6.07) is 17.2. The molecule has 1 amide bonds. The van der Waals surface area contributed by atoms with E-state index in [1.807, 2.05) is 58.9 Å². The molecule has 1 heterocycles. The van der Waals surface area contributed by atoms with E-state index in [4.69, 9.17) is 4.74 Å². The van der Waals surface area contributed by atoms with Crippen molar-refractivity contribution in [1.29, 1.82) is 0 Å². The molecule has 0 bridgehead atoms.